The molecule has 8 nitrogen and oxygen atoms in total. The van der Waals surface area contributed by atoms with Gasteiger partial charge in [0.2, 0.25) is 10.0 Å². The minimum absolute atomic E-state index is 0.0544. The fourth-order valence-electron chi connectivity index (χ4n) is 3.77. The molecule has 2 fully saturated rings. The van der Waals surface area contributed by atoms with Crippen LogP contribution in [0.2, 0.25) is 0 Å². The molecule has 0 radical (unpaired) electrons. The second-order valence-electron chi connectivity index (χ2n) is 7.17. The van der Waals surface area contributed by atoms with E-state index in [1.165, 1.54) is 6.07 Å². The van der Waals surface area contributed by atoms with E-state index in [0.29, 0.717) is 5.69 Å². The van der Waals surface area contributed by atoms with Gasteiger partial charge in [0, 0.05) is 24.7 Å². The van der Waals surface area contributed by atoms with Gasteiger partial charge in [0.1, 0.15) is 4.90 Å². The Morgan fingerprint density at radius 2 is 1.74 bits per heavy atom. The topological polar surface area (TPSA) is 131 Å². The molecule has 1 saturated heterocycles. The smallest absolute Gasteiger partial charge is 0.280 e. The van der Waals surface area contributed by atoms with Crippen LogP contribution in [0.25, 0.3) is 0 Å². The summed E-state index contributed by atoms with van der Waals surface area (Å²) in [6, 6.07) is 4.59. The largest absolute Gasteiger partial charge is 0.370 e. The number of aliphatic imine (C=N–C) groups is 1. The number of carbonyl (C=O) groups is 1. The second-order valence-corrected chi connectivity index (χ2v) is 8.86. The Labute approximate surface area is 160 Å². The third-order valence-electron chi connectivity index (χ3n) is 5.10. The fourth-order valence-corrected chi connectivity index (χ4v) is 5.32. The van der Waals surface area contributed by atoms with Gasteiger partial charge in [-0.3, -0.25) is 4.79 Å². The Balaban J connectivity index is 2.00. The lowest BCUT2D eigenvalue weighted by Crippen LogP contribution is -2.36. The molecule has 3 rings (SSSR count). The van der Waals surface area contributed by atoms with Crippen LogP contribution in [-0.4, -0.2) is 39.4 Å². The summed E-state index contributed by atoms with van der Waals surface area (Å²) in [5.74, 6) is -1.01. The lowest BCUT2D eigenvalue weighted by atomic mass is 10.1. The molecule has 1 amide bonds. The minimum atomic E-state index is -3.76. The highest BCUT2D eigenvalue weighted by Gasteiger charge is 2.28. The number of hydrogen-bond acceptors (Lipinski definition) is 4. The van der Waals surface area contributed by atoms with Gasteiger partial charge < -0.3 is 16.4 Å². The number of benzene rings is 1. The van der Waals surface area contributed by atoms with Gasteiger partial charge >= 0.3 is 0 Å². The van der Waals surface area contributed by atoms with Gasteiger partial charge in [-0.2, -0.15) is 4.99 Å². The van der Waals surface area contributed by atoms with Crippen LogP contribution in [-0.2, 0) is 10.0 Å². The molecule has 0 bridgehead atoms. The lowest BCUT2D eigenvalue weighted by Gasteiger charge is -2.30. The van der Waals surface area contributed by atoms with Gasteiger partial charge in [-0.25, -0.2) is 13.1 Å². The van der Waals surface area contributed by atoms with Crippen LogP contribution >= 0.6 is 0 Å². The molecule has 1 aromatic carbocycles. The Morgan fingerprint density at radius 3 is 2.37 bits per heavy atom. The van der Waals surface area contributed by atoms with E-state index in [-0.39, 0.29) is 22.5 Å². The van der Waals surface area contributed by atoms with Gasteiger partial charge in [0.25, 0.3) is 5.91 Å². The SMILES string of the molecule is NC(N)=NC(=O)c1ccc(N2CCCCC2)c(S(=O)(=O)NC2CCCC2)c1. The first-order valence-corrected chi connectivity index (χ1v) is 10.9. The van der Waals surface area contributed by atoms with Gasteiger partial charge in [0.05, 0.1) is 5.69 Å². The number of guanidine groups is 1. The summed E-state index contributed by atoms with van der Waals surface area (Å²) >= 11 is 0. The van der Waals surface area contributed by atoms with E-state index in [1.54, 1.807) is 12.1 Å². The molecule has 0 spiro atoms. The quantitative estimate of drug-likeness (QED) is 0.511. The maximum atomic E-state index is 13.1. The number of nitrogens with two attached hydrogens (primary N) is 2. The normalized spacial score (nSPS) is 18.4. The van der Waals surface area contributed by atoms with E-state index in [1.807, 2.05) is 0 Å². The van der Waals surface area contributed by atoms with E-state index in [0.717, 1.165) is 58.0 Å². The van der Waals surface area contributed by atoms with Crippen LogP contribution in [0, 0.1) is 0 Å². The third kappa shape index (κ3) is 4.78. The fraction of sp³-hybridized carbons (Fsp3) is 0.556. The second kappa shape index (κ2) is 8.26. The number of carbonyl (C=O) groups excluding carboxylic acids is 1. The zero-order chi connectivity index (χ0) is 19.4. The maximum Gasteiger partial charge on any atom is 0.280 e. The molecule has 0 atom stereocenters. The molecule has 1 aliphatic heterocycles. The van der Waals surface area contributed by atoms with E-state index < -0.39 is 15.9 Å². The lowest BCUT2D eigenvalue weighted by molar-refractivity contribution is 0.100. The van der Waals surface area contributed by atoms with Gasteiger partial charge in [0.15, 0.2) is 5.96 Å². The Hall–Kier alpha value is -2.13. The standard InChI is InChI=1S/C18H27N5O3S/c19-18(20)21-17(24)13-8-9-15(23-10-4-1-5-11-23)16(12-13)27(25,26)22-14-6-2-3-7-14/h8-9,12,14,22H,1-7,10-11H2,(H4,19,20,21,24). The molecule has 1 aliphatic carbocycles. The number of sulfonamides is 1. The maximum absolute atomic E-state index is 13.1. The molecule has 0 aromatic heterocycles. The first-order valence-electron chi connectivity index (χ1n) is 9.42. The highest BCUT2D eigenvalue weighted by Crippen LogP contribution is 2.30. The summed E-state index contributed by atoms with van der Waals surface area (Å²) < 4.78 is 29.0. The Morgan fingerprint density at radius 1 is 1.07 bits per heavy atom. The number of rotatable bonds is 5. The van der Waals surface area contributed by atoms with Gasteiger partial charge in [-0.05, 0) is 50.3 Å². The predicted octanol–water partition coefficient (Wildman–Crippen LogP) is 1.31. The van der Waals surface area contributed by atoms with Gasteiger partial charge in [-0.15, -0.1) is 0 Å². The average Bonchev–Trinajstić information content (AvgIpc) is 3.13. The van der Waals surface area contributed by atoms with Crippen molar-refractivity contribution < 1.29 is 13.2 Å². The Bertz CT molecular complexity index is 821. The monoisotopic (exact) mass is 393 g/mol. The van der Waals surface area contributed by atoms with Gasteiger partial charge in [-0.1, -0.05) is 12.8 Å². The Kier molecular flexibility index (Phi) is 6.01. The number of amides is 1. The van der Waals surface area contributed by atoms with Crippen molar-refractivity contribution in [2.24, 2.45) is 16.5 Å². The number of hydrogen-bond donors (Lipinski definition) is 3. The first-order chi connectivity index (χ1) is 12.9. The van der Waals surface area contributed by atoms with E-state index in [2.05, 4.69) is 14.6 Å². The predicted molar refractivity (Wildman–Crippen MR) is 105 cm³/mol. The summed E-state index contributed by atoms with van der Waals surface area (Å²) in [5.41, 5.74) is 11.3. The van der Waals surface area contributed by atoms with Crippen molar-refractivity contribution in [1.29, 1.82) is 0 Å². The van der Waals surface area contributed by atoms with E-state index in [9.17, 15) is 13.2 Å². The zero-order valence-electron chi connectivity index (χ0n) is 15.4. The number of anilines is 1. The highest BCUT2D eigenvalue weighted by molar-refractivity contribution is 7.89. The van der Waals surface area contributed by atoms with E-state index >= 15 is 0 Å². The molecule has 0 unspecified atom stereocenters. The molecule has 148 valence electrons. The summed E-state index contributed by atoms with van der Waals surface area (Å²) in [6.07, 6.45) is 6.90. The average molecular weight is 394 g/mol. The number of nitrogens with zero attached hydrogens (tertiary/aromatic N) is 2. The molecule has 1 heterocycles. The van der Waals surface area contributed by atoms with Crippen molar-refractivity contribution in [3.8, 4) is 0 Å². The van der Waals surface area contributed by atoms with Crippen molar-refractivity contribution in [3.05, 3.63) is 23.8 Å². The molecule has 1 saturated carbocycles. The molecular weight excluding hydrogens is 366 g/mol. The summed E-state index contributed by atoms with van der Waals surface area (Å²) in [4.78, 5) is 17.9. The zero-order valence-corrected chi connectivity index (χ0v) is 16.2. The van der Waals surface area contributed by atoms with Crippen LogP contribution in [0.1, 0.15) is 55.3 Å². The van der Waals surface area contributed by atoms with Crippen molar-refractivity contribution in [2.45, 2.75) is 55.9 Å². The van der Waals surface area contributed by atoms with Crippen LogP contribution in [0.3, 0.4) is 0 Å². The molecule has 9 heteroatoms. The molecular formula is C18H27N5O3S. The van der Waals surface area contributed by atoms with Crippen LogP contribution in [0.5, 0.6) is 0 Å². The number of piperidine rings is 1. The third-order valence-corrected chi connectivity index (χ3v) is 6.65. The molecule has 2 aliphatic rings. The van der Waals surface area contributed by atoms with Crippen LogP contribution in [0.15, 0.2) is 28.1 Å². The molecule has 1 aromatic rings. The molecule has 27 heavy (non-hydrogen) atoms. The first kappa shape index (κ1) is 19.6. The molecule has 5 N–H and O–H groups in total. The highest BCUT2D eigenvalue weighted by atomic mass is 32.2. The summed E-state index contributed by atoms with van der Waals surface area (Å²) in [6.45, 7) is 1.60. The van der Waals surface area contributed by atoms with Crippen molar-refractivity contribution in [1.82, 2.24) is 4.72 Å². The van der Waals surface area contributed by atoms with Crippen LogP contribution < -0.4 is 21.1 Å². The summed E-state index contributed by atoms with van der Waals surface area (Å²) in [7, 11) is -3.76. The van der Waals surface area contributed by atoms with Crippen molar-refractivity contribution in [3.63, 3.8) is 0 Å². The minimum Gasteiger partial charge on any atom is -0.370 e. The van der Waals surface area contributed by atoms with Crippen molar-refractivity contribution in [2.75, 3.05) is 18.0 Å². The number of nitrogens with one attached hydrogen (secondary N) is 1. The van der Waals surface area contributed by atoms with E-state index in [4.69, 9.17) is 11.5 Å². The summed E-state index contributed by atoms with van der Waals surface area (Å²) in [5, 5.41) is 0. The van der Waals surface area contributed by atoms with Crippen LogP contribution in [0.4, 0.5) is 5.69 Å². The van der Waals surface area contributed by atoms with Crippen molar-refractivity contribution >= 4 is 27.6 Å².